The number of nitrogens with one attached hydrogen (secondary N) is 1. The van der Waals surface area contributed by atoms with Crippen LogP contribution in [0.5, 0.6) is 0 Å². The van der Waals surface area contributed by atoms with Crippen molar-refractivity contribution in [1.29, 1.82) is 0 Å². The first-order chi connectivity index (χ1) is 19.7. The predicted molar refractivity (Wildman–Crippen MR) is 178 cm³/mol. The zero-order valence-electron chi connectivity index (χ0n) is 27.8. The number of hydrogen-bond acceptors (Lipinski definition) is 6. The second-order valence-electron chi connectivity index (χ2n) is 14.0. The van der Waals surface area contributed by atoms with Crippen LogP contribution in [0.3, 0.4) is 0 Å². The van der Waals surface area contributed by atoms with E-state index in [4.69, 9.17) is 4.98 Å². The van der Waals surface area contributed by atoms with Crippen molar-refractivity contribution >= 4 is 11.6 Å². The van der Waals surface area contributed by atoms with Gasteiger partial charge in [0.2, 0.25) is 0 Å². The minimum atomic E-state index is 0.00811. The van der Waals surface area contributed by atoms with Crippen LogP contribution in [-0.2, 0) is 18.4 Å². The first kappa shape index (κ1) is 31.7. The number of nitrogens with zero attached hydrogens (tertiary/aromatic N) is 6. The van der Waals surface area contributed by atoms with Gasteiger partial charge in [-0.1, -0.05) is 59.8 Å². The summed E-state index contributed by atoms with van der Waals surface area (Å²) in [5, 5.41) is 3.30. The number of piperidine rings is 1. The number of hydrogen-bond donors (Lipinski definition) is 1. The van der Waals surface area contributed by atoms with E-state index >= 15 is 0 Å². The average molecular weight is 572 g/mol. The van der Waals surface area contributed by atoms with Gasteiger partial charge in [-0.3, -0.25) is 0 Å². The molecule has 0 amide bonds. The fourth-order valence-electron chi connectivity index (χ4n) is 5.89. The first-order valence-corrected chi connectivity index (χ1v) is 15.6. The quantitative estimate of drug-likeness (QED) is 0.329. The van der Waals surface area contributed by atoms with Gasteiger partial charge in [-0.15, -0.1) is 0 Å². The van der Waals surface area contributed by atoms with Crippen molar-refractivity contribution in [2.24, 2.45) is 0 Å². The van der Waals surface area contributed by atoms with Gasteiger partial charge in [0.1, 0.15) is 23.8 Å². The van der Waals surface area contributed by atoms with E-state index in [1.165, 1.54) is 34.5 Å². The molecule has 1 aromatic carbocycles. The van der Waals surface area contributed by atoms with Gasteiger partial charge < -0.3 is 19.7 Å². The molecular formula is C35H53N7. The molecule has 4 heterocycles. The van der Waals surface area contributed by atoms with Crippen LogP contribution >= 0.6 is 0 Å². The van der Waals surface area contributed by atoms with Gasteiger partial charge >= 0.3 is 0 Å². The Kier molecular flexibility index (Phi) is 9.51. The maximum absolute atomic E-state index is 5.34. The van der Waals surface area contributed by atoms with Crippen molar-refractivity contribution in [1.82, 2.24) is 24.4 Å². The van der Waals surface area contributed by atoms with Crippen LogP contribution in [0, 0.1) is 6.92 Å². The lowest BCUT2D eigenvalue weighted by Gasteiger charge is -2.36. The molecule has 3 aromatic rings. The van der Waals surface area contributed by atoms with E-state index in [9.17, 15) is 0 Å². The number of aromatic nitrogens is 4. The molecule has 2 aliphatic rings. The highest BCUT2D eigenvalue weighted by Gasteiger charge is 2.31. The van der Waals surface area contributed by atoms with Crippen molar-refractivity contribution in [2.75, 3.05) is 37.4 Å². The van der Waals surface area contributed by atoms with Crippen molar-refractivity contribution in [2.45, 2.75) is 104 Å². The zero-order chi connectivity index (χ0) is 30.8. The molecule has 0 spiro atoms. The van der Waals surface area contributed by atoms with E-state index in [2.05, 4.69) is 130 Å². The SMILES string of the molecule is C=C1Cc2c(ncnc2N2CCC(c3nc(-c4ccc(C)c(C(C)(C)C)c4)cn3CC(C)(C)N(C)C)CC2)N1.CCC. The molecule has 7 heteroatoms. The number of benzene rings is 1. The Morgan fingerprint density at radius 3 is 2.33 bits per heavy atom. The fraction of sp³-hybridized carbons (Fsp3) is 0.571. The van der Waals surface area contributed by atoms with Gasteiger partial charge in [0.25, 0.3) is 0 Å². The van der Waals surface area contributed by atoms with E-state index in [1.807, 2.05) is 0 Å². The van der Waals surface area contributed by atoms with Crippen molar-refractivity contribution in [3.63, 3.8) is 0 Å². The van der Waals surface area contributed by atoms with Crippen LogP contribution in [0.2, 0.25) is 0 Å². The molecule has 5 rings (SSSR count). The maximum atomic E-state index is 5.34. The minimum Gasteiger partial charge on any atom is -0.356 e. The zero-order valence-corrected chi connectivity index (χ0v) is 27.8. The number of aryl methyl sites for hydroxylation is 1. The van der Waals surface area contributed by atoms with Crippen LogP contribution in [-0.4, -0.2) is 57.1 Å². The van der Waals surface area contributed by atoms with Crippen LogP contribution in [0.15, 0.2) is 43.0 Å². The topological polar surface area (TPSA) is 62.1 Å². The lowest BCUT2D eigenvalue weighted by atomic mass is 9.83. The van der Waals surface area contributed by atoms with Crippen LogP contribution in [0.4, 0.5) is 11.6 Å². The Morgan fingerprint density at radius 2 is 1.71 bits per heavy atom. The molecule has 42 heavy (non-hydrogen) atoms. The lowest BCUT2D eigenvalue weighted by molar-refractivity contribution is 0.167. The third kappa shape index (κ3) is 6.88. The van der Waals surface area contributed by atoms with E-state index < -0.39 is 0 Å². The Labute approximate surface area is 254 Å². The molecule has 2 aliphatic heterocycles. The van der Waals surface area contributed by atoms with Crippen molar-refractivity contribution in [3.8, 4) is 11.3 Å². The standard InChI is InChI=1S/C32H45N7.C3H8/c1-21-10-11-24(17-26(21)31(3,4)5)27-18-39(19-32(6,7)37(8)9)29(36-27)23-12-14-38(15-13-23)30-25-16-22(2)35-28(25)33-20-34-30;1-3-2/h10-11,17-18,20,23H,2,12-16,19H2,1,3-9H3,(H,33,34,35);3H2,1-2H3. The highest BCUT2D eigenvalue weighted by atomic mass is 15.2. The number of likely N-dealkylation sites (N-methyl/N-ethyl adjacent to an activating group) is 1. The molecule has 0 saturated carbocycles. The minimum absolute atomic E-state index is 0.00811. The smallest absolute Gasteiger partial charge is 0.139 e. The molecule has 0 bridgehead atoms. The van der Waals surface area contributed by atoms with E-state index in [-0.39, 0.29) is 11.0 Å². The molecule has 0 aliphatic carbocycles. The summed E-state index contributed by atoms with van der Waals surface area (Å²) in [6.45, 7) is 24.8. The second-order valence-corrected chi connectivity index (χ2v) is 14.0. The summed E-state index contributed by atoms with van der Waals surface area (Å²) >= 11 is 0. The monoisotopic (exact) mass is 571 g/mol. The van der Waals surface area contributed by atoms with E-state index in [1.54, 1.807) is 6.33 Å². The Morgan fingerprint density at radius 1 is 1.05 bits per heavy atom. The van der Waals surface area contributed by atoms with Crippen LogP contribution < -0.4 is 10.2 Å². The number of allylic oxidation sites excluding steroid dienone is 1. The Balaban J connectivity index is 0.00000129. The number of anilines is 2. The van der Waals surface area contributed by atoms with Crippen LogP contribution in [0.1, 0.15) is 96.2 Å². The van der Waals surface area contributed by atoms with Gasteiger partial charge in [0.15, 0.2) is 0 Å². The molecule has 1 saturated heterocycles. The molecule has 0 unspecified atom stereocenters. The molecule has 1 fully saturated rings. The molecule has 7 nitrogen and oxygen atoms in total. The third-order valence-corrected chi connectivity index (χ3v) is 8.68. The van der Waals surface area contributed by atoms with E-state index in [0.717, 1.165) is 61.9 Å². The van der Waals surface area contributed by atoms with Gasteiger partial charge in [0, 0.05) is 60.5 Å². The summed E-state index contributed by atoms with van der Waals surface area (Å²) in [6, 6.07) is 6.84. The van der Waals surface area contributed by atoms with Crippen LogP contribution in [0.25, 0.3) is 11.3 Å². The fourth-order valence-corrected chi connectivity index (χ4v) is 5.89. The average Bonchev–Trinajstić information content (AvgIpc) is 3.51. The second kappa shape index (κ2) is 12.6. The summed E-state index contributed by atoms with van der Waals surface area (Å²) in [4.78, 5) is 19.2. The van der Waals surface area contributed by atoms with Gasteiger partial charge in [0.05, 0.1) is 5.69 Å². The largest absolute Gasteiger partial charge is 0.356 e. The number of fused-ring (bicyclic) bond motifs is 1. The van der Waals surface area contributed by atoms with Gasteiger partial charge in [-0.2, -0.15) is 0 Å². The molecule has 228 valence electrons. The Hall–Kier alpha value is -3.19. The molecule has 1 N–H and O–H groups in total. The number of imidazole rings is 1. The predicted octanol–water partition coefficient (Wildman–Crippen LogP) is 7.57. The molecule has 2 aromatic heterocycles. The van der Waals surface area contributed by atoms with Crippen molar-refractivity contribution in [3.05, 3.63) is 65.5 Å². The Bertz CT molecular complexity index is 1380. The van der Waals surface area contributed by atoms with Gasteiger partial charge in [-0.05, 0) is 70.3 Å². The van der Waals surface area contributed by atoms with Crippen molar-refractivity contribution < 1.29 is 0 Å². The summed E-state index contributed by atoms with van der Waals surface area (Å²) < 4.78 is 2.43. The van der Waals surface area contributed by atoms with Gasteiger partial charge in [-0.25, -0.2) is 15.0 Å². The highest BCUT2D eigenvalue weighted by Crippen LogP contribution is 2.37. The maximum Gasteiger partial charge on any atom is 0.139 e. The number of rotatable bonds is 6. The highest BCUT2D eigenvalue weighted by molar-refractivity contribution is 5.66. The molecule has 0 atom stereocenters. The third-order valence-electron chi connectivity index (χ3n) is 8.68. The lowest BCUT2D eigenvalue weighted by Crippen LogP contribution is -2.42. The summed E-state index contributed by atoms with van der Waals surface area (Å²) in [7, 11) is 4.32. The normalized spacial score (nSPS) is 15.9. The molecular weight excluding hydrogens is 518 g/mol. The summed E-state index contributed by atoms with van der Waals surface area (Å²) in [5.41, 5.74) is 7.26. The first-order valence-electron chi connectivity index (χ1n) is 15.6. The summed E-state index contributed by atoms with van der Waals surface area (Å²) in [6.07, 6.45) is 8.10. The van der Waals surface area contributed by atoms with E-state index in [0.29, 0.717) is 5.92 Å². The summed E-state index contributed by atoms with van der Waals surface area (Å²) in [5.74, 6) is 3.58. The molecule has 0 radical (unpaired) electrons.